The zero-order chi connectivity index (χ0) is 13.8. The van der Waals surface area contributed by atoms with Crippen molar-refractivity contribution in [1.82, 2.24) is 10.2 Å². The van der Waals surface area contributed by atoms with E-state index >= 15 is 0 Å². The molecule has 1 atom stereocenters. The Balaban J connectivity index is 3.21. The Hall–Kier alpha value is -0.380. The summed E-state index contributed by atoms with van der Waals surface area (Å²) in [6.07, 6.45) is 2.32. The maximum absolute atomic E-state index is 3.72. The summed E-state index contributed by atoms with van der Waals surface area (Å²) in [5.41, 5.74) is 1.62. The van der Waals surface area contributed by atoms with Gasteiger partial charge >= 0.3 is 0 Å². The van der Waals surface area contributed by atoms with Crippen LogP contribution in [0.4, 0.5) is 0 Å². The molecule has 0 aliphatic carbocycles. The monoisotopic (exact) mass is 268 g/mol. The molecule has 0 amide bonds. The topological polar surface area (TPSA) is 15.3 Å². The lowest BCUT2D eigenvalue weighted by Gasteiger charge is -2.45. The zero-order valence-corrected chi connectivity index (χ0v) is 13.5. The smallest absolute Gasteiger partial charge is 0.0604 e. The third-order valence-corrected chi connectivity index (χ3v) is 5.31. The van der Waals surface area contributed by atoms with Gasteiger partial charge in [-0.2, -0.15) is 0 Å². The predicted octanol–water partition coefficient (Wildman–Crippen LogP) is 3.83. The van der Waals surface area contributed by atoms with E-state index in [0.29, 0.717) is 6.04 Å². The SMILES string of the molecule is CCNC(c1sccc1C)C(CC)(CC)N(C)C. The van der Waals surface area contributed by atoms with E-state index in [2.05, 4.69) is 63.5 Å². The summed E-state index contributed by atoms with van der Waals surface area (Å²) in [7, 11) is 4.42. The van der Waals surface area contributed by atoms with Gasteiger partial charge in [-0.25, -0.2) is 0 Å². The molecule has 0 fully saturated rings. The molecule has 1 aromatic heterocycles. The molecule has 0 radical (unpaired) electrons. The van der Waals surface area contributed by atoms with Gasteiger partial charge in [-0.15, -0.1) is 11.3 Å². The Kier molecular flexibility index (Phi) is 5.83. The lowest BCUT2D eigenvalue weighted by atomic mass is 9.81. The summed E-state index contributed by atoms with van der Waals surface area (Å²) in [4.78, 5) is 3.90. The second kappa shape index (κ2) is 6.69. The van der Waals surface area contributed by atoms with E-state index in [1.165, 1.54) is 10.4 Å². The number of hydrogen-bond acceptors (Lipinski definition) is 3. The molecule has 0 aliphatic heterocycles. The molecule has 0 aromatic carbocycles. The molecule has 18 heavy (non-hydrogen) atoms. The molecule has 1 heterocycles. The lowest BCUT2D eigenvalue weighted by Crippen LogP contribution is -2.53. The summed E-state index contributed by atoms with van der Waals surface area (Å²) in [6, 6.07) is 2.66. The minimum Gasteiger partial charge on any atom is -0.308 e. The van der Waals surface area contributed by atoms with Crippen molar-refractivity contribution in [1.29, 1.82) is 0 Å². The van der Waals surface area contributed by atoms with Gasteiger partial charge in [0.2, 0.25) is 0 Å². The van der Waals surface area contributed by atoms with E-state index in [1.807, 2.05) is 11.3 Å². The van der Waals surface area contributed by atoms with Crippen LogP contribution in [0.5, 0.6) is 0 Å². The van der Waals surface area contributed by atoms with Gasteiger partial charge in [-0.1, -0.05) is 20.8 Å². The number of thiophene rings is 1. The summed E-state index contributed by atoms with van der Waals surface area (Å²) < 4.78 is 0. The summed E-state index contributed by atoms with van der Waals surface area (Å²) in [5, 5.41) is 5.93. The zero-order valence-electron chi connectivity index (χ0n) is 12.7. The van der Waals surface area contributed by atoms with Crippen LogP contribution < -0.4 is 5.32 Å². The molecule has 0 spiro atoms. The summed E-state index contributed by atoms with van der Waals surface area (Å²) in [5.74, 6) is 0. The third kappa shape index (κ3) is 2.79. The highest BCUT2D eigenvalue weighted by atomic mass is 32.1. The second-order valence-electron chi connectivity index (χ2n) is 5.16. The van der Waals surface area contributed by atoms with E-state index in [4.69, 9.17) is 0 Å². The van der Waals surface area contributed by atoms with Crippen molar-refractivity contribution in [3.05, 3.63) is 21.9 Å². The Morgan fingerprint density at radius 2 is 1.89 bits per heavy atom. The standard InChI is InChI=1S/C15H28N2S/c1-7-15(8-2,17(5)6)14(16-9-3)13-12(4)10-11-18-13/h10-11,14,16H,7-9H2,1-6H3. The maximum Gasteiger partial charge on any atom is 0.0604 e. The quantitative estimate of drug-likeness (QED) is 0.808. The van der Waals surface area contributed by atoms with Crippen molar-refractivity contribution in [2.75, 3.05) is 20.6 Å². The van der Waals surface area contributed by atoms with E-state index < -0.39 is 0 Å². The highest BCUT2D eigenvalue weighted by Crippen LogP contribution is 2.39. The highest BCUT2D eigenvalue weighted by molar-refractivity contribution is 7.10. The van der Waals surface area contributed by atoms with Crippen LogP contribution in [0.3, 0.4) is 0 Å². The lowest BCUT2D eigenvalue weighted by molar-refractivity contribution is 0.0902. The number of aryl methyl sites for hydroxylation is 1. The van der Waals surface area contributed by atoms with Crippen LogP contribution in [-0.4, -0.2) is 31.1 Å². The van der Waals surface area contributed by atoms with Gasteiger partial charge in [0.05, 0.1) is 6.04 Å². The fourth-order valence-corrected chi connectivity index (χ4v) is 4.07. The number of nitrogens with one attached hydrogen (secondary N) is 1. The van der Waals surface area contributed by atoms with Gasteiger partial charge in [0, 0.05) is 10.4 Å². The van der Waals surface area contributed by atoms with Crippen molar-refractivity contribution in [2.24, 2.45) is 0 Å². The molecule has 3 heteroatoms. The summed E-state index contributed by atoms with van der Waals surface area (Å²) >= 11 is 1.88. The van der Waals surface area contributed by atoms with Gasteiger partial charge in [0.1, 0.15) is 0 Å². The Bertz CT molecular complexity index is 353. The van der Waals surface area contributed by atoms with Gasteiger partial charge in [0.25, 0.3) is 0 Å². The molecule has 1 aromatic rings. The van der Waals surface area contributed by atoms with Gasteiger partial charge < -0.3 is 10.2 Å². The van der Waals surface area contributed by atoms with Crippen LogP contribution in [0.1, 0.15) is 50.1 Å². The number of nitrogens with zero attached hydrogens (tertiary/aromatic N) is 1. The van der Waals surface area contributed by atoms with Crippen molar-refractivity contribution in [3.63, 3.8) is 0 Å². The van der Waals surface area contributed by atoms with Crippen LogP contribution in [0.25, 0.3) is 0 Å². The Labute approximate surface area is 116 Å². The van der Waals surface area contributed by atoms with Gasteiger partial charge in [-0.3, -0.25) is 0 Å². The average molecular weight is 268 g/mol. The summed E-state index contributed by atoms with van der Waals surface area (Å²) in [6.45, 7) is 10.0. The predicted molar refractivity (Wildman–Crippen MR) is 82.5 cm³/mol. The molecule has 104 valence electrons. The first-order valence-electron chi connectivity index (χ1n) is 6.98. The molecule has 1 unspecified atom stereocenters. The van der Waals surface area contributed by atoms with E-state index in [0.717, 1.165) is 19.4 Å². The van der Waals surface area contributed by atoms with Crippen molar-refractivity contribution >= 4 is 11.3 Å². The van der Waals surface area contributed by atoms with Crippen molar-refractivity contribution in [2.45, 2.75) is 52.1 Å². The highest BCUT2D eigenvalue weighted by Gasteiger charge is 2.39. The average Bonchev–Trinajstić information content (AvgIpc) is 2.75. The third-order valence-electron chi connectivity index (χ3n) is 4.22. The first kappa shape index (κ1) is 15.7. The van der Waals surface area contributed by atoms with E-state index in [-0.39, 0.29) is 5.54 Å². The van der Waals surface area contributed by atoms with Gasteiger partial charge in [-0.05, 0) is 57.4 Å². The molecule has 1 N–H and O–H groups in total. The molecule has 1 rings (SSSR count). The molecule has 0 aliphatic rings. The van der Waals surface area contributed by atoms with Crippen LogP contribution in [0.15, 0.2) is 11.4 Å². The minimum atomic E-state index is 0.200. The van der Waals surface area contributed by atoms with Crippen molar-refractivity contribution < 1.29 is 0 Å². The molecule has 0 bridgehead atoms. The van der Waals surface area contributed by atoms with E-state index in [9.17, 15) is 0 Å². The van der Waals surface area contributed by atoms with Crippen LogP contribution in [0, 0.1) is 6.92 Å². The largest absolute Gasteiger partial charge is 0.308 e. The van der Waals surface area contributed by atoms with Crippen LogP contribution in [0.2, 0.25) is 0 Å². The minimum absolute atomic E-state index is 0.200. The normalized spacial score (nSPS) is 14.2. The first-order chi connectivity index (χ1) is 8.53. The molecule has 2 nitrogen and oxygen atoms in total. The Morgan fingerprint density at radius 3 is 2.22 bits per heavy atom. The molecular weight excluding hydrogens is 240 g/mol. The Morgan fingerprint density at radius 1 is 1.28 bits per heavy atom. The molecule has 0 saturated carbocycles. The van der Waals surface area contributed by atoms with Crippen molar-refractivity contribution in [3.8, 4) is 0 Å². The maximum atomic E-state index is 3.72. The number of likely N-dealkylation sites (N-methyl/N-ethyl adjacent to an activating group) is 2. The fourth-order valence-electron chi connectivity index (χ4n) is 2.96. The van der Waals surface area contributed by atoms with Crippen LogP contribution in [-0.2, 0) is 0 Å². The number of rotatable bonds is 7. The van der Waals surface area contributed by atoms with Gasteiger partial charge in [0.15, 0.2) is 0 Å². The first-order valence-corrected chi connectivity index (χ1v) is 7.86. The second-order valence-corrected chi connectivity index (χ2v) is 6.11. The fraction of sp³-hybridized carbons (Fsp3) is 0.733. The van der Waals surface area contributed by atoms with E-state index in [1.54, 1.807) is 0 Å². The van der Waals surface area contributed by atoms with Crippen LogP contribution >= 0.6 is 11.3 Å². The molecule has 0 saturated heterocycles. The number of hydrogen-bond donors (Lipinski definition) is 1. The molecular formula is C15H28N2S.